The van der Waals surface area contributed by atoms with Gasteiger partial charge in [0.1, 0.15) is 0 Å². The molecule has 104 valence electrons. The van der Waals surface area contributed by atoms with Gasteiger partial charge in [0.15, 0.2) is 5.78 Å². The summed E-state index contributed by atoms with van der Waals surface area (Å²) in [6, 6.07) is 14.2. The lowest BCUT2D eigenvalue weighted by atomic mass is 10.1. The number of ketones is 1. The number of azide groups is 1. The minimum absolute atomic E-state index is 0.215. The molecule has 0 bridgehead atoms. The van der Waals surface area contributed by atoms with Gasteiger partial charge in [0, 0.05) is 25.1 Å². The Hall–Kier alpha value is -1.88. The van der Waals surface area contributed by atoms with E-state index in [-0.39, 0.29) is 11.5 Å². The van der Waals surface area contributed by atoms with Gasteiger partial charge in [0.2, 0.25) is 0 Å². The second kappa shape index (κ2) is 7.22. The molecule has 21 heavy (non-hydrogen) atoms. The van der Waals surface area contributed by atoms with E-state index in [0.29, 0.717) is 11.1 Å². The van der Waals surface area contributed by atoms with Gasteiger partial charge >= 0.3 is 0 Å². The fourth-order valence-corrected chi connectivity index (χ4v) is 2.19. The van der Waals surface area contributed by atoms with Crippen LogP contribution in [0.1, 0.15) is 15.9 Å². The first-order chi connectivity index (χ1) is 10.1. The third-order valence-electron chi connectivity index (χ3n) is 2.69. The van der Waals surface area contributed by atoms with Crippen LogP contribution in [0.4, 0.5) is 0 Å². The molecular formula is C15H9Br2N3O. The Balaban J connectivity index is 2.37. The molecule has 0 aliphatic heterocycles. The molecule has 0 saturated carbocycles. The number of carbonyl (C=O) groups excluding carboxylic acids is 1. The third kappa shape index (κ3) is 4.29. The van der Waals surface area contributed by atoms with Crippen LogP contribution >= 0.6 is 31.9 Å². The zero-order valence-corrected chi connectivity index (χ0v) is 13.9. The number of carbonyl (C=O) groups is 1. The van der Waals surface area contributed by atoms with E-state index >= 15 is 0 Å². The fourth-order valence-electron chi connectivity index (χ4n) is 1.66. The topological polar surface area (TPSA) is 65.8 Å². The van der Waals surface area contributed by atoms with Gasteiger partial charge in [-0.15, -0.1) is 0 Å². The van der Waals surface area contributed by atoms with Crippen molar-refractivity contribution in [3.63, 3.8) is 0 Å². The molecule has 0 heterocycles. The van der Waals surface area contributed by atoms with E-state index in [1.165, 1.54) is 6.08 Å². The molecule has 0 atom stereocenters. The molecule has 0 aromatic heterocycles. The Morgan fingerprint density at radius 3 is 1.90 bits per heavy atom. The largest absolute Gasteiger partial charge is 0.289 e. The van der Waals surface area contributed by atoms with Gasteiger partial charge in [-0.2, -0.15) is 0 Å². The van der Waals surface area contributed by atoms with Crippen LogP contribution in [0, 0.1) is 0 Å². The van der Waals surface area contributed by atoms with Crippen molar-refractivity contribution < 1.29 is 4.79 Å². The smallest absolute Gasteiger partial charge is 0.186 e. The minimum Gasteiger partial charge on any atom is -0.289 e. The second-order valence-electron chi connectivity index (χ2n) is 4.10. The number of rotatable bonds is 4. The zero-order chi connectivity index (χ0) is 15.2. The van der Waals surface area contributed by atoms with E-state index in [2.05, 4.69) is 41.9 Å². The van der Waals surface area contributed by atoms with Crippen LogP contribution < -0.4 is 0 Å². The Morgan fingerprint density at radius 2 is 1.43 bits per heavy atom. The number of nitrogens with zero attached hydrogens (tertiary/aromatic N) is 3. The van der Waals surface area contributed by atoms with Crippen molar-refractivity contribution in [3.05, 3.63) is 85.1 Å². The Bertz CT molecular complexity index is 731. The van der Waals surface area contributed by atoms with Crippen LogP contribution in [0.15, 0.2) is 68.7 Å². The predicted molar refractivity (Wildman–Crippen MR) is 89.7 cm³/mol. The first-order valence-corrected chi connectivity index (χ1v) is 7.51. The van der Waals surface area contributed by atoms with Gasteiger partial charge in [-0.1, -0.05) is 49.1 Å². The van der Waals surface area contributed by atoms with E-state index in [1.54, 1.807) is 36.4 Å². The monoisotopic (exact) mass is 405 g/mol. The molecule has 0 saturated heterocycles. The molecule has 0 amide bonds. The van der Waals surface area contributed by atoms with Gasteiger partial charge in [0.25, 0.3) is 0 Å². The average molecular weight is 407 g/mol. The summed E-state index contributed by atoms with van der Waals surface area (Å²) in [6.07, 6.45) is 1.34. The van der Waals surface area contributed by atoms with Gasteiger partial charge in [-0.05, 0) is 53.6 Å². The highest BCUT2D eigenvalue weighted by Gasteiger charge is 2.06. The highest BCUT2D eigenvalue weighted by molar-refractivity contribution is 9.10. The molecule has 2 aromatic carbocycles. The van der Waals surface area contributed by atoms with Gasteiger partial charge < -0.3 is 0 Å². The Labute approximate surface area is 138 Å². The van der Waals surface area contributed by atoms with Crippen LogP contribution in [0.5, 0.6) is 0 Å². The van der Waals surface area contributed by atoms with Crippen LogP contribution in [0.25, 0.3) is 16.1 Å². The summed E-state index contributed by atoms with van der Waals surface area (Å²) in [7, 11) is 0. The van der Waals surface area contributed by atoms with Crippen molar-refractivity contribution in [2.45, 2.75) is 0 Å². The molecule has 0 N–H and O–H groups in total. The van der Waals surface area contributed by atoms with Gasteiger partial charge in [-0.3, -0.25) is 4.79 Å². The van der Waals surface area contributed by atoms with E-state index in [0.717, 1.165) is 8.95 Å². The maximum Gasteiger partial charge on any atom is 0.186 e. The summed E-state index contributed by atoms with van der Waals surface area (Å²) in [5.41, 5.74) is 10.2. The molecule has 0 aliphatic rings. The quantitative estimate of drug-likeness (QED) is 0.209. The zero-order valence-electron chi connectivity index (χ0n) is 10.7. The standard InChI is InChI=1S/C15H9Br2N3O/c16-12-5-1-10(2-6-12)14(19-20-18)9-15(21)11-3-7-13(17)8-4-11/h1-9H/b14-9-. The van der Waals surface area contributed by atoms with Crippen molar-refractivity contribution in [1.29, 1.82) is 0 Å². The number of allylic oxidation sites excluding steroid dienone is 1. The van der Waals surface area contributed by atoms with Crippen molar-refractivity contribution in [3.8, 4) is 0 Å². The Kier molecular flexibility index (Phi) is 5.33. The van der Waals surface area contributed by atoms with E-state index in [4.69, 9.17) is 5.53 Å². The molecule has 0 spiro atoms. The molecule has 2 aromatic rings. The lowest BCUT2D eigenvalue weighted by molar-refractivity contribution is 0.104. The number of hydrogen-bond acceptors (Lipinski definition) is 2. The molecule has 4 nitrogen and oxygen atoms in total. The normalized spacial score (nSPS) is 10.9. The van der Waals surface area contributed by atoms with E-state index in [9.17, 15) is 4.79 Å². The minimum atomic E-state index is -0.215. The third-order valence-corrected chi connectivity index (χ3v) is 3.75. The summed E-state index contributed by atoms with van der Waals surface area (Å²) in [5, 5.41) is 3.60. The first-order valence-electron chi connectivity index (χ1n) is 5.93. The average Bonchev–Trinajstić information content (AvgIpc) is 2.48. The summed E-state index contributed by atoms with van der Waals surface area (Å²) in [4.78, 5) is 15.0. The Morgan fingerprint density at radius 1 is 0.952 bits per heavy atom. The van der Waals surface area contributed by atoms with Gasteiger partial charge in [0.05, 0.1) is 0 Å². The van der Waals surface area contributed by atoms with Crippen molar-refractivity contribution >= 4 is 43.3 Å². The lowest BCUT2D eigenvalue weighted by Crippen LogP contribution is -1.95. The van der Waals surface area contributed by atoms with Crippen LogP contribution in [-0.4, -0.2) is 5.78 Å². The lowest BCUT2D eigenvalue weighted by Gasteiger charge is -2.02. The second-order valence-corrected chi connectivity index (χ2v) is 5.93. The maximum atomic E-state index is 12.2. The van der Waals surface area contributed by atoms with Gasteiger partial charge in [-0.25, -0.2) is 0 Å². The highest BCUT2D eigenvalue weighted by atomic mass is 79.9. The van der Waals surface area contributed by atoms with Crippen LogP contribution in [0.3, 0.4) is 0 Å². The number of benzene rings is 2. The molecule has 0 aliphatic carbocycles. The molecule has 2 rings (SSSR count). The molecule has 0 unspecified atom stereocenters. The van der Waals surface area contributed by atoms with Crippen molar-refractivity contribution in [2.75, 3.05) is 0 Å². The first kappa shape index (κ1) is 15.5. The molecule has 0 radical (unpaired) electrons. The molecular weight excluding hydrogens is 398 g/mol. The molecule has 6 heteroatoms. The van der Waals surface area contributed by atoms with Crippen molar-refractivity contribution in [2.24, 2.45) is 5.11 Å². The van der Waals surface area contributed by atoms with Crippen molar-refractivity contribution in [1.82, 2.24) is 0 Å². The summed E-state index contributed by atoms with van der Waals surface area (Å²) in [5.74, 6) is -0.215. The van der Waals surface area contributed by atoms with Crippen LogP contribution in [-0.2, 0) is 0 Å². The van der Waals surface area contributed by atoms with E-state index in [1.807, 2.05) is 12.1 Å². The van der Waals surface area contributed by atoms with Crippen LogP contribution in [0.2, 0.25) is 0 Å². The number of hydrogen-bond donors (Lipinski definition) is 0. The van der Waals surface area contributed by atoms with E-state index < -0.39 is 0 Å². The summed E-state index contributed by atoms with van der Waals surface area (Å²) in [6.45, 7) is 0. The maximum absolute atomic E-state index is 12.2. The predicted octanol–water partition coefficient (Wildman–Crippen LogP) is 5.75. The summed E-state index contributed by atoms with van der Waals surface area (Å²) >= 11 is 6.65. The SMILES string of the molecule is [N-]=[N+]=N/C(=C\C(=O)c1ccc(Br)cc1)c1ccc(Br)cc1. The summed E-state index contributed by atoms with van der Waals surface area (Å²) < 4.78 is 1.80. The fraction of sp³-hybridized carbons (Fsp3) is 0. The highest BCUT2D eigenvalue weighted by Crippen LogP contribution is 2.20. The number of halogens is 2. The molecule has 0 fully saturated rings.